The highest BCUT2D eigenvalue weighted by atomic mass is 16.5. The Labute approximate surface area is 168 Å². The SMILES string of the molecule is CN=C(NCc1ccccc1OCCN1CCOCC1)N(C)CC1CCOC1. The van der Waals surface area contributed by atoms with E-state index in [9.17, 15) is 0 Å². The summed E-state index contributed by atoms with van der Waals surface area (Å²) < 4.78 is 17.0. The number of rotatable bonds is 8. The maximum absolute atomic E-state index is 6.08. The summed E-state index contributed by atoms with van der Waals surface area (Å²) in [5.74, 6) is 2.42. The maximum atomic E-state index is 6.08. The summed E-state index contributed by atoms with van der Waals surface area (Å²) in [6.45, 7) is 8.60. The van der Waals surface area contributed by atoms with Gasteiger partial charge in [0.25, 0.3) is 0 Å². The minimum Gasteiger partial charge on any atom is -0.492 e. The summed E-state index contributed by atoms with van der Waals surface area (Å²) in [6.07, 6.45) is 1.13. The Morgan fingerprint density at radius 1 is 1.25 bits per heavy atom. The van der Waals surface area contributed by atoms with Crippen LogP contribution in [0.15, 0.2) is 29.3 Å². The average Bonchev–Trinajstić information content (AvgIpc) is 3.23. The van der Waals surface area contributed by atoms with Gasteiger partial charge in [-0.2, -0.15) is 0 Å². The number of nitrogens with one attached hydrogen (secondary N) is 1. The number of nitrogens with zero attached hydrogens (tertiary/aromatic N) is 3. The van der Waals surface area contributed by atoms with E-state index in [2.05, 4.69) is 33.2 Å². The fourth-order valence-electron chi connectivity index (χ4n) is 3.66. The second-order valence-electron chi connectivity index (χ2n) is 7.42. The van der Waals surface area contributed by atoms with Gasteiger partial charge >= 0.3 is 0 Å². The van der Waals surface area contributed by atoms with E-state index in [-0.39, 0.29) is 0 Å². The lowest BCUT2D eigenvalue weighted by atomic mass is 10.1. The van der Waals surface area contributed by atoms with Crippen LogP contribution in [0.5, 0.6) is 5.75 Å². The predicted molar refractivity (Wildman–Crippen MR) is 111 cm³/mol. The molecule has 2 fully saturated rings. The second-order valence-corrected chi connectivity index (χ2v) is 7.42. The monoisotopic (exact) mass is 390 g/mol. The van der Waals surface area contributed by atoms with Gasteiger partial charge in [0.05, 0.1) is 19.8 Å². The molecule has 0 amide bonds. The van der Waals surface area contributed by atoms with Crippen molar-refractivity contribution in [3.63, 3.8) is 0 Å². The molecule has 1 aromatic carbocycles. The normalized spacial score (nSPS) is 20.9. The van der Waals surface area contributed by atoms with E-state index >= 15 is 0 Å². The first-order valence-electron chi connectivity index (χ1n) is 10.3. The number of hydrogen-bond donors (Lipinski definition) is 1. The number of hydrogen-bond acceptors (Lipinski definition) is 5. The van der Waals surface area contributed by atoms with Gasteiger partial charge in [-0.3, -0.25) is 9.89 Å². The summed E-state index contributed by atoms with van der Waals surface area (Å²) in [4.78, 5) is 8.99. The van der Waals surface area contributed by atoms with Crippen LogP contribution in [-0.4, -0.2) is 89.1 Å². The van der Waals surface area contributed by atoms with E-state index in [4.69, 9.17) is 14.2 Å². The molecule has 0 bridgehead atoms. The summed E-state index contributed by atoms with van der Waals surface area (Å²) in [7, 11) is 3.91. The van der Waals surface area contributed by atoms with Crippen LogP contribution in [0.3, 0.4) is 0 Å². The third-order valence-electron chi connectivity index (χ3n) is 5.31. The summed E-state index contributed by atoms with van der Waals surface area (Å²) in [5, 5.41) is 3.47. The Morgan fingerprint density at radius 2 is 2.07 bits per heavy atom. The van der Waals surface area contributed by atoms with Crippen molar-refractivity contribution in [2.45, 2.75) is 13.0 Å². The largest absolute Gasteiger partial charge is 0.492 e. The van der Waals surface area contributed by atoms with Gasteiger partial charge in [-0.25, -0.2) is 0 Å². The first kappa shape index (κ1) is 20.9. The molecule has 7 nitrogen and oxygen atoms in total. The molecule has 2 aliphatic heterocycles. The molecule has 2 saturated heterocycles. The summed E-state index contributed by atoms with van der Waals surface area (Å²) in [6, 6.07) is 8.22. The highest BCUT2D eigenvalue weighted by Crippen LogP contribution is 2.18. The van der Waals surface area contributed by atoms with Crippen LogP contribution < -0.4 is 10.1 Å². The third-order valence-corrected chi connectivity index (χ3v) is 5.31. The van der Waals surface area contributed by atoms with E-state index in [0.717, 1.165) is 76.3 Å². The molecule has 1 N–H and O–H groups in total. The van der Waals surface area contributed by atoms with Crippen molar-refractivity contribution in [3.8, 4) is 5.75 Å². The van der Waals surface area contributed by atoms with Gasteiger partial charge < -0.3 is 24.4 Å². The van der Waals surface area contributed by atoms with Crippen LogP contribution in [0, 0.1) is 5.92 Å². The molecule has 28 heavy (non-hydrogen) atoms. The lowest BCUT2D eigenvalue weighted by Crippen LogP contribution is -2.41. The predicted octanol–water partition coefficient (Wildman–Crippen LogP) is 1.44. The van der Waals surface area contributed by atoms with Gasteiger partial charge in [-0.15, -0.1) is 0 Å². The molecule has 3 rings (SSSR count). The molecule has 2 heterocycles. The first-order valence-corrected chi connectivity index (χ1v) is 10.3. The molecule has 7 heteroatoms. The van der Waals surface area contributed by atoms with Crippen LogP contribution in [0.4, 0.5) is 0 Å². The Balaban J connectivity index is 1.47. The van der Waals surface area contributed by atoms with Crippen molar-refractivity contribution in [1.29, 1.82) is 0 Å². The fourth-order valence-corrected chi connectivity index (χ4v) is 3.66. The van der Waals surface area contributed by atoms with E-state index in [1.807, 2.05) is 25.2 Å². The van der Waals surface area contributed by atoms with Gasteiger partial charge in [-0.1, -0.05) is 18.2 Å². The minimum absolute atomic E-state index is 0.583. The zero-order valence-corrected chi connectivity index (χ0v) is 17.2. The van der Waals surface area contributed by atoms with Crippen molar-refractivity contribution in [3.05, 3.63) is 29.8 Å². The number of benzene rings is 1. The second kappa shape index (κ2) is 11.2. The van der Waals surface area contributed by atoms with Crippen molar-refractivity contribution in [2.24, 2.45) is 10.9 Å². The standard InChI is InChI=1S/C21H34N4O3/c1-22-21(24(2)16-18-7-11-27-17-18)23-15-19-5-3-4-6-20(19)28-14-10-25-8-12-26-13-9-25/h3-6,18H,7-17H2,1-2H3,(H,22,23). The van der Waals surface area contributed by atoms with Gasteiger partial charge in [-0.05, 0) is 12.5 Å². The molecule has 2 aliphatic rings. The Hall–Kier alpha value is -1.83. The average molecular weight is 391 g/mol. The third kappa shape index (κ3) is 6.36. The zero-order valence-electron chi connectivity index (χ0n) is 17.2. The van der Waals surface area contributed by atoms with Crippen molar-refractivity contribution in [1.82, 2.24) is 15.1 Å². The molecule has 1 aromatic rings. The van der Waals surface area contributed by atoms with Crippen molar-refractivity contribution >= 4 is 5.96 Å². The van der Waals surface area contributed by atoms with E-state index < -0.39 is 0 Å². The van der Waals surface area contributed by atoms with Gasteiger partial charge in [0, 0.05) is 64.9 Å². The van der Waals surface area contributed by atoms with Gasteiger partial charge in [0.15, 0.2) is 5.96 Å². The van der Waals surface area contributed by atoms with E-state index in [0.29, 0.717) is 19.1 Å². The van der Waals surface area contributed by atoms with Crippen LogP contribution >= 0.6 is 0 Å². The molecule has 0 aliphatic carbocycles. The Kier molecular flexibility index (Phi) is 8.39. The highest BCUT2D eigenvalue weighted by molar-refractivity contribution is 5.79. The van der Waals surface area contributed by atoms with Crippen molar-refractivity contribution < 1.29 is 14.2 Å². The lowest BCUT2D eigenvalue weighted by molar-refractivity contribution is 0.0322. The van der Waals surface area contributed by atoms with E-state index in [1.54, 1.807) is 0 Å². The Bertz CT molecular complexity index is 613. The number of morpholine rings is 1. The molecule has 0 saturated carbocycles. The molecule has 0 radical (unpaired) electrons. The minimum atomic E-state index is 0.583. The molecular formula is C21H34N4O3. The van der Waals surface area contributed by atoms with Gasteiger partial charge in [0.1, 0.15) is 12.4 Å². The number of aliphatic imine (C=N–C) groups is 1. The Morgan fingerprint density at radius 3 is 2.82 bits per heavy atom. The van der Waals surface area contributed by atoms with E-state index in [1.165, 1.54) is 0 Å². The number of para-hydroxylation sites is 1. The van der Waals surface area contributed by atoms with Gasteiger partial charge in [0.2, 0.25) is 0 Å². The van der Waals surface area contributed by atoms with Crippen LogP contribution in [0.2, 0.25) is 0 Å². The number of ether oxygens (including phenoxy) is 3. The molecule has 0 spiro atoms. The first-order chi connectivity index (χ1) is 13.8. The summed E-state index contributed by atoms with van der Waals surface area (Å²) >= 11 is 0. The van der Waals surface area contributed by atoms with Crippen LogP contribution in [0.1, 0.15) is 12.0 Å². The highest BCUT2D eigenvalue weighted by Gasteiger charge is 2.19. The maximum Gasteiger partial charge on any atom is 0.193 e. The fraction of sp³-hybridized carbons (Fsp3) is 0.667. The molecule has 1 atom stereocenters. The zero-order chi connectivity index (χ0) is 19.6. The molecular weight excluding hydrogens is 356 g/mol. The van der Waals surface area contributed by atoms with Crippen LogP contribution in [0.25, 0.3) is 0 Å². The number of guanidine groups is 1. The van der Waals surface area contributed by atoms with Crippen LogP contribution in [-0.2, 0) is 16.0 Å². The molecule has 156 valence electrons. The smallest absolute Gasteiger partial charge is 0.193 e. The van der Waals surface area contributed by atoms with Crippen molar-refractivity contribution in [2.75, 3.05) is 73.3 Å². The summed E-state index contributed by atoms with van der Waals surface area (Å²) in [5.41, 5.74) is 1.14. The topological polar surface area (TPSA) is 58.6 Å². The quantitative estimate of drug-likeness (QED) is 0.536. The molecule has 0 aromatic heterocycles. The molecule has 1 unspecified atom stereocenters. The lowest BCUT2D eigenvalue weighted by Gasteiger charge is -2.26.